The molecule has 0 amide bonds. The van der Waals surface area contributed by atoms with Crippen molar-refractivity contribution in [2.45, 2.75) is 57.9 Å². The first-order valence-corrected chi connectivity index (χ1v) is 16.0. The number of esters is 1. The molecule has 228 valence electrons. The number of rotatable bonds is 10. The highest BCUT2D eigenvalue weighted by molar-refractivity contribution is 7.98. The molecule has 5 aromatic rings. The second-order valence-electron chi connectivity index (χ2n) is 11.3. The quantitative estimate of drug-likeness (QED) is 0.125. The Labute approximate surface area is 268 Å². The number of aromatic nitrogens is 3. The number of nitrogens with zero attached hydrogens (tertiary/aromatic N) is 3. The van der Waals surface area contributed by atoms with Crippen LogP contribution >= 0.6 is 11.8 Å². The third-order valence-electron chi connectivity index (χ3n) is 8.02. The summed E-state index contributed by atoms with van der Waals surface area (Å²) in [6, 6.07) is 31.6. The minimum absolute atomic E-state index is 0.177. The van der Waals surface area contributed by atoms with Crippen LogP contribution < -0.4 is 10.1 Å². The fourth-order valence-corrected chi connectivity index (χ4v) is 6.16. The summed E-state index contributed by atoms with van der Waals surface area (Å²) in [4.78, 5) is 18.5. The highest BCUT2D eigenvalue weighted by Crippen LogP contribution is 2.38. The number of hydrogen-bond acceptors (Lipinski definition) is 7. The Morgan fingerprint density at radius 3 is 2.20 bits per heavy atom. The van der Waals surface area contributed by atoms with E-state index in [1.165, 1.54) is 22.3 Å². The first-order chi connectivity index (χ1) is 21.9. The third-order valence-corrected chi connectivity index (χ3v) is 8.93. The van der Waals surface area contributed by atoms with Crippen molar-refractivity contribution in [2.75, 3.05) is 5.32 Å². The largest absolute Gasteiger partial charge is 0.489 e. The molecule has 1 aliphatic rings. The van der Waals surface area contributed by atoms with E-state index in [1.807, 2.05) is 79.7 Å². The Morgan fingerprint density at radius 2 is 1.49 bits per heavy atom. The lowest BCUT2D eigenvalue weighted by atomic mass is 9.95. The summed E-state index contributed by atoms with van der Waals surface area (Å²) in [5.74, 6) is 1.66. The van der Waals surface area contributed by atoms with Crippen LogP contribution in [0.15, 0.2) is 113 Å². The molecule has 8 heteroatoms. The zero-order valence-corrected chi connectivity index (χ0v) is 26.7. The Balaban J connectivity index is 1.27. The average molecular weight is 617 g/mol. The summed E-state index contributed by atoms with van der Waals surface area (Å²) in [5.41, 5.74) is 9.06. The van der Waals surface area contributed by atoms with Gasteiger partial charge in [-0.3, -0.25) is 0 Å². The number of allylic oxidation sites excluding steroid dienone is 1. The summed E-state index contributed by atoms with van der Waals surface area (Å²) >= 11 is 1.55. The molecule has 0 saturated carbocycles. The molecule has 2 heterocycles. The van der Waals surface area contributed by atoms with Crippen molar-refractivity contribution in [1.82, 2.24) is 14.8 Å². The lowest BCUT2D eigenvalue weighted by Crippen LogP contribution is -2.29. The van der Waals surface area contributed by atoms with E-state index >= 15 is 0 Å². The lowest BCUT2D eigenvalue weighted by Gasteiger charge is -2.28. The van der Waals surface area contributed by atoms with Gasteiger partial charge in [0.25, 0.3) is 0 Å². The summed E-state index contributed by atoms with van der Waals surface area (Å²) in [6.45, 7) is 8.89. The van der Waals surface area contributed by atoms with E-state index in [1.54, 1.807) is 16.4 Å². The summed E-state index contributed by atoms with van der Waals surface area (Å²) in [5, 5.41) is 8.79. The summed E-state index contributed by atoms with van der Waals surface area (Å²) in [6.07, 6.45) is 0. The molecule has 6 rings (SSSR count). The van der Waals surface area contributed by atoms with E-state index in [-0.39, 0.29) is 6.61 Å². The predicted molar refractivity (Wildman–Crippen MR) is 178 cm³/mol. The Kier molecular flexibility index (Phi) is 9.03. The highest BCUT2D eigenvalue weighted by Gasteiger charge is 2.35. The van der Waals surface area contributed by atoms with E-state index in [9.17, 15) is 4.79 Å². The molecule has 0 aliphatic carbocycles. The first kappa shape index (κ1) is 30.2. The number of carbonyl (C=O) groups is 1. The number of nitrogens with one attached hydrogen (secondary N) is 1. The molecule has 7 nitrogen and oxygen atoms in total. The number of anilines is 1. The van der Waals surface area contributed by atoms with Crippen molar-refractivity contribution in [1.29, 1.82) is 0 Å². The van der Waals surface area contributed by atoms with Gasteiger partial charge in [-0.2, -0.15) is 4.98 Å². The summed E-state index contributed by atoms with van der Waals surface area (Å²) < 4.78 is 13.8. The van der Waals surface area contributed by atoms with Crippen molar-refractivity contribution in [3.05, 3.63) is 147 Å². The van der Waals surface area contributed by atoms with Gasteiger partial charge in [0.05, 0.1) is 5.57 Å². The number of hydrogen-bond donors (Lipinski definition) is 1. The normalized spacial score (nSPS) is 14.1. The fraction of sp³-hybridized carbons (Fsp3) is 0.216. The molecular formula is C37H36N4O3S. The Hall–Kier alpha value is -4.82. The Morgan fingerprint density at radius 1 is 0.822 bits per heavy atom. The summed E-state index contributed by atoms with van der Waals surface area (Å²) in [7, 11) is 0. The second-order valence-corrected chi connectivity index (χ2v) is 12.2. The number of thioether (sulfide) groups is 1. The number of benzene rings is 4. The smallest absolute Gasteiger partial charge is 0.338 e. The van der Waals surface area contributed by atoms with Crippen LogP contribution in [0.4, 0.5) is 5.95 Å². The molecule has 1 aromatic heterocycles. The number of aryl methyl sites for hydroxylation is 3. The van der Waals surface area contributed by atoms with Gasteiger partial charge < -0.3 is 14.8 Å². The van der Waals surface area contributed by atoms with Crippen molar-refractivity contribution in [3.63, 3.8) is 0 Å². The molecule has 1 N–H and O–H groups in total. The molecule has 0 saturated heterocycles. The number of carbonyl (C=O) groups excluding carboxylic acids is 1. The molecule has 1 aliphatic heterocycles. The maximum atomic E-state index is 13.7. The van der Waals surface area contributed by atoms with Crippen molar-refractivity contribution < 1.29 is 14.3 Å². The Bertz CT molecular complexity index is 1830. The van der Waals surface area contributed by atoms with Crippen LogP contribution in [0.5, 0.6) is 5.75 Å². The van der Waals surface area contributed by atoms with Crippen LogP contribution in [0.25, 0.3) is 0 Å². The number of ether oxygens (including phenoxy) is 2. The van der Waals surface area contributed by atoms with Crippen LogP contribution in [0.2, 0.25) is 0 Å². The van der Waals surface area contributed by atoms with Crippen molar-refractivity contribution >= 4 is 23.7 Å². The van der Waals surface area contributed by atoms with E-state index in [4.69, 9.17) is 19.6 Å². The van der Waals surface area contributed by atoms with Gasteiger partial charge in [0.2, 0.25) is 11.1 Å². The molecule has 0 bridgehead atoms. The van der Waals surface area contributed by atoms with E-state index < -0.39 is 12.0 Å². The van der Waals surface area contributed by atoms with Crippen LogP contribution in [-0.4, -0.2) is 20.7 Å². The van der Waals surface area contributed by atoms with Gasteiger partial charge >= 0.3 is 5.97 Å². The molecule has 4 aromatic carbocycles. The maximum absolute atomic E-state index is 13.7. The zero-order chi connectivity index (χ0) is 31.3. The fourth-order valence-electron chi connectivity index (χ4n) is 5.37. The second kappa shape index (κ2) is 13.4. The SMILES string of the molecule is CC1=C(C(=O)OCc2ccccc2)C(c2ccc(OCc3cc(C)c(C)cc3C)cc2)n2nc(SCc3ccccc3)nc2N1. The predicted octanol–water partition coefficient (Wildman–Crippen LogP) is 8.11. The van der Waals surface area contributed by atoms with Crippen LogP contribution in [0.1, 0.15) is 51.9 Å². The molecule has 0 fully saturated rings. The molecule has 0 radical (unpaired) electrons. The van der Waals surface area contributed by atoms with Gasteiger partial charge in [0.1, 0.15) is 25.0 Å². The van der Waals surface area contributed by atoms with Crippen LogP contribution in [0, 0.1) is 20.8 Å². The minimum Gasteiger partial charge on any atom is -0.489 e. The average Bonchev–Trinajstić information content (AvgIpc) is 3.46. The third kappa shape index (κ3) is 6.97. The molecule has 45 heavy (non-hydrogen) atoms. The van der Waals surface area contributed by atoms with Gasteiger partial charge in [-0.25, -0.2) is 9.48 Å². The van der Waals surface area contributed by atoms with Crippen LogP contribution in [0.3, 0.4) is 0 Å². The standard InChI is InChI=1S/C37H36N4O3S/c1-24-19-26(3)31(20-25(24)2)22-43-32-17-15-30(16-18-32)34-33(35(42)44-21-28-11-7-5-8-12-28)27(4)38-36-39-37(40-41(34)36)45-23-29-13-9-6-10-14-29/h5-20,34H,21-23H2,1-4H3,(H,38,39,40). The minimum atomic E-state index is -0.529. The van der Waals surface area contributed by atoms with E-state index in [0.29, 0.717) is 29.0 Å². The molecule has 1 atom stereocenters. The first-order valence-electron chi connectivity index (χ1n) is 15.0. The van der Waals surface area contributed by atoms with Crippen molar-refractivity contribution in [3.8, 4) is 5.75 Å². The van der Waals surface area contributed by atoms with Crippen molar-refractivity contribution in [2.24, 2.45) is 0 Å². The zero-order valence-electron chi connectivity index (χ0n) is 25.9. The lowest BCUT2D eigenvalue weighted by molar-refractivity contribution is -0.140. The van der Waals surface area contributed by atoms with E-state index in [2.05, 4.69) is 50.4 Å². The monoisotopic (exact) mass is 616 g/mol. The highest BCUT2D eigenvalue weighted by atomic mass is 32.2. The molecular weight excluding hydrogens is 580 g/mol. The molecule has 1 unspecified atom stereocenters. The van der Waals surface area contributed by atoms with Crippen LogP contribution in [-0.2, 0) is 28.5 Å². The van der Waals surface area contributed by atoms with E-state index in [0.717, 1.165) is 28.2 Å². The molecule has 0 spiro atoms. The van der Waals surface area contributed by atoms with Gasteiger partial charge in [-0.15, -0.1) is 5.10 Å². The topological polar surface area (TPSA) is 78.3 Å². The van der Waals surface area contributed by atoms with Gasteiger partial charge in [-0.1, -0.05) is 96.7 Å². The van der Waals surface area contributed by atoms with Gasteiger partial charge in [0, 0.05) is 11.4 Å². The van der Waals surface area contributed by atoms with Gasteiger partial charge in [0.15, 0.2) is 0 Å². The number of fused-ring (bicyclic) bond motifs is 1. The van der Waals surface area contributed by atoms with Gasteiger partial charge in [-0.05, 0) is 78.8 Å². The maximum Gasteiger partial charge on any atom is 0.338 e.